The van der Waals surface area contributed by atoms with Crippen molar-refractivity contribution >= 4 is 29.6 Å². The molecule has 1 saturated heterocycles. The highest BCUT2D eigenvalue weighted by molar-refractivity contribution is 8.01. The lowest BCUT2D eigenvalue weighted by Gasteiger charge is -2.22. The molecule has 1 heterocycles. The van der Waals surface area contributed by atoms with Gasteiger partial charge < -0.3 is 15.5 Å². The van der Waals surface area contributed by atoms with Crippen molar-refractivity contribution in [2.24, 2.45) is 0 Å². The van der Waals surface area contributed by atoms with Crippen LogP contribution in [0.3, 0.4) is 0 Å². The van der Waals surface area contributed by atoms with Gasteiger partial charge in [-0.1, -0.05) is 30.3 Å². The lowest BCUT2D eigenvalue weighted by Crippen LogP contribution is -2.54. The van der Waals surface area contributed by atoms with Crippen molar-refractivity contribution in [3.8, 4) is 0 Å². The molecule has 2 rings (SSSR count). The van der Waals surface area contributed by atoms with E-state index in [0.717, 1.165) is 5.56 Å². The van der Waals surface area contributed by atoms with Crippen molar-refractivity contribution in [3.05, 3.63) is 35.9 Å². The first-order valence-corrected chi connectivity index (χ1v) is 8.31. The largest absolute Gasteiger partial charge is 0.480 e. The smallest absolute Gasteiger partial charge is 0.328 e. The molecule has 1 aliphatic rings. The summed E-state index contributed by atoms with van der Waals surface area (Å²) in [6.45, 7) is 3.46. The van der Waals surface area contributed by atoms with Crippen molar-refractivity contribution in [2.75, 3.05) is 0 Å². The Morgan fingerprint density at radius 2 is 1.88 bits per heavy atom. The fraction of sp³-hybridized carbons (Fsp3) is 0.438. The van der Waals surface area contributed by atoms with E-state index in [9.17, 15) is 24.6 Å². The predicted molar refractivity (Wildman–Crippen MR) is 89.7 cm³/mol. The van der Waals surface area contributed by atoms with E-state index in [1.54, 1.807) is 38.1 Å². The number of benzene rings is 1. The van der Waals surface area contributed by atoms with Crippen LogP contribution >= 0.6 is 11.8 Å². The molecule has 1 amide bonds. The molecule has 7 nitrogen and oxygen atoms in total. The minimum absolute atomic E-state index is 0.0633. The molecule has 1 aromatic rings. The first kappa shape index (κ1) is 18.3. The highest BCUT2D eigenvalue weighted by atomic mass is 32.2. The normalized spacial score (nSPS) is 23.4. The average molecular weight is 352 g/mol. The molecule has 8 heteroatoms. The standard InChI is InChI=1S/C16H20N2O5S/c1-16(2)12(15(22)23)18-13(24-16)11(14(20)21)17-10(19)8-9-6-4-3-5-7-9/h3-7,11-13,18H,8H2,1-2H3,(H,17,19)(H,20,21)(H,22,23)/t11-,12-,13-/m0/s1. The van der Waals surface area contributed by atoms with Crippen molar-refractivity contribution in [3.63, 3.8) is 0 Å². The summed E-state index contributed by atoms with van der Waals surface area (Å²) in [6, 6.07) is 6.88. The molecule has 0 spiro atoms. The predicted octanol–water partition coefficient (Wildman–Crippen LogP) is 0.693. The number of rotatable bonds is 6. The van der Waals surface area contributed by atoms with Crippen molar-refractivity contribution in [2.45, 2.75) is 42.5 Å². The van der Waals surface area contributed by atoms with Crippen molar-refractivity contribution in [1.82, 2.24) is 10.6 Å². The van der Waals surface area contributed by atoms with Crippen LogP contribution in [0.2, 0.25) is 0 Å². The number of carboxylic acids is 2. The first-order chi connectivity index (χ1) is 11.2. The second kappa shape index (κ2) is 7.23. The van der Waals surface area contributed by atoms with Crippen LogP contribution in [0.15, 0.2) is 30.3 Å². The Morgan fingerprint density at radius 1 is 1.25 bits per heavy atom. The van der Waals surface area contributed by atoms with E-state index in [-0.39, 0.29) is 6.42 Å². The van der Waals surface area contributed by atoms with Crippen LogP contribution in [-0.4, -0.2) is 50.3 Å². The summed E-state index contributed by atoms with van der Waals surface area (Å²) >= 11 is 1.20. The quantitative estimate of drug-likeness (QED) is 0.595. The van der Waals surface area contributed by atoms with E-state index >= 15 is 0 Å². The Kier molecular flexibility index (Phi) is 5.51. The summed E-state index contributed by atoms with van der Waals surface area (Å²) < 4.78 is -0.686. The number of hydrogen-bond acceptors (Lipinski definition) is 5. The fourth-order valence-corrected chi connectivity index (χ4v) is 4.08. The lowest BCUT2D eigenvalue weighted by atomic mass is 10.0. The number of carbonyl (C=O) groups is 3. The van der Waals surface area contributed by atoms with E-state index < -0.39 is 40.1 Å². The van der Waals surface area contributed by atoms with Crippen LogP contribution in [0.25, 0.3) is 0 Å². The summed E-state index contributed by atoms with van der Waals surface area (Å²) in [5.74, 6) is -2.68. The number of carbonyl (C=O) groups excluding carboxylic acids is 1. The minimum Gasteiger partial charge on any atom is -0.480 e. The van der Waals surface area contributed by atoms with Gasteiger partial charge in [0.25, 0.3) is 0 Å². The number of thioether (sulfide) groups is 1. The summed E-state index contributed by atoms with van der Waals surface area (Å²) in [5, 5.41) is 23.2. The molecule has 130 valence electrons. The highest BCUT2D eigenvalue weighted by Gasteiger charge is 2.49. The van der Waals surface area contributed by atoms with Crippen LogP contribution in [0.4, 0.5) is 0 Å². The van der Waals surface area contributed by atoms with E-state index in [1.165, 1.54) is 11.8 Å². The van der Waals surface area contributed by atoms with Gasteiger partial charge in [-0.3, -0.25) is 14.9 Å². The molecule has 24 heavy (non-hydrogen) atoms. The molecular formula is C16H20N2O5S. The van der Waals surface area contributed by atoms with E-state index in [2.05, 4.69) is 10.6 Å². The van der Waals surface area contributed by atoms with Crippen LogP contribution < -0.4 is 10.6 Å². The number of hydrogen-bond donors (Lipinski definition) is 4. The average Bonchev–Trinajstić information content (AvgIpc) is 2.81. The molecule has 3 atom stereocenters. The monoisotopic (exact) mass is 352 g/mol. The molecule has 4 N–H and O–H groups in total. The van der Waals surface area contributed by atoms with Crippen LogP contribution in [0, 0.1) is 0 Å². The third-order valence-electron chi connectivity index (χ3n) is 3.80. The highest BCUT2D eigenvalue weighted by Crippen LogP contribution is 2.39. The van der Waals surface area contributed by atoms with Gasteiger partial charge in [-0.15, -0.1) is 11.8 Å². The molecule has 0 aromatic heterocycles. The van der Waals surface area contributed by atoms with E-state index in [1.807, 2.05) is 6.07 Å². The third-order valence-corrected chi connectivity index (χ3v) is 5.30. The van der Waals surface area contributed by atoms with Gasteiger partial charge in [0.1, 0.15) is 6.04 Å². The number of aliphatic carboxylic acids is 2. The maximum atomic E-state index is 12.1. The van der Waals surface area contributed by atoms with Crippen molar-refractivity contribution < 1.29 is 24.6 Å². The summed E-state index contributed by atoms with van der Waals surface area (Å²) in [4.78, 5) is 35.0. The van der Waals surface area contributed by atoms with Gasteiger partial charge in [-0.05, 0) is 19.4 Å². The zero-order chi connectivity index (χ0) is 17.9. The van der Waals surface area contributed by atoms with Gasteiger partial charge in [0.15, 0.2) is 6.04 Å². The SMILES string of the molecule is CC1(C)S[C@@H]([C@H](NC(=O)Cc2ccccc2)C(=O)O)N[C@H]1C(=O)O. The second-order valence-corrected chi connectivity index (χ2v) is 7.92. The molecule has 0 radical (unpaired) electrons. The van der Waals surface area contributed by atoms with Crippen LogP contribution in [0.1, 0.15) is 19.4 Å². The van der Waals surface area contributed by atoms with Gasteiger partial charge >= 0.3 is 11.9 Å². The molecule has 0 unspecified atom stereocenters. The number of nitrogens with one attached hydrogen (secondary N) is 2. The summed E-state index contributed by atoms with van der Waals surface area (Å²) in [6.07, 6.45) is 0.0633. The maximum absolute atomic E-state index is 12.1. The Labute approximate surface area is 143 Å². The zero-order valence-electron chi connectivity index (χ0n) is 13.4. The van der Waals surface area contributed by atoms with Crippen LogP contribution in [-0.2, 0) is 20.8 Å². The zero-order valence-corrected chi connectivity index (χ0v) is 14.2. The van der Waals surface area contributed by atoms with Gasteiger partial charge in [-0.2, -0.15) is 0 Å². The molecule has 0 bridgehead atoms. The van der Waals surface area contributed by atoms with E-state index in [4.69, 9.17) is 0 Å². The van der Waals surface area contributed by atoms with Crippen molar-refractivity contribution in [1.29, 1.82) is 0 Å². The van der Waals surface area contributed by atoms with Gasteiger partial charge in [0.05, 0.1) is 11.8 Å². The van der Waals surface area contributed by atoms with Crippen LogP contribution in [0.5, 0.6) is 0 Å². The van der Waals surface area contributed by atoms with Gasteiger partial charge in [-0.25, -0.2) is 4.79 Å². The summed E-state index contributed by atoms with van der Waals surface area (Å²) in [5.41, 5.74) is 0.773. The number of amides is 1. The third kappa shape index (κ3) is 4.27. The Bertz CT molecular complexity index is 635. The minimum atomic E-state index is -1.21. The molecule has 1 fully saturated rings. The van der Waals surface area contributed by atoms with Gasteiger partial charge in [0.2, 0.25) is 5.91 Å². The number of carboxylic acid groups (broad SMARTS) is 2. The fourth-order valence-electron chi connectivity index (χ4n) is 2.60. The molecule has 1 aromatic carbocycles. The summed E-state index contributed by atoms with van der Waals surface area (Å²) in [7, 11) is 0. The molecular weight excluding hydrogens is 332 g/mol. The Morgan fingerprint density at radius 3 is 2.38 bits per heavy atom. The Hall–Kier alpha value is -2.06. The molecule has 1 aliphatic heterocycles. The first-order valence-electron chi connectivity index (χ1n) is 7.43. The van der Waals surface area contributed by atoms with E-state index in [0.29, 0.717) is 0 Å². The Balaban J connectivity index is 2.06. The maximum Gasteiger partial charge on any atom is 0.328 e. The van der Waals surface area contributed by atoms with Gasteiger partial charge in [0, 0.05) is 4.75 Å². The topological polar surface area (TPSA) is 116 Å². The second-order valence-electron chi connectivity index (χ2n) is 6.13. The molecule has 0 saturated carbocycles. The lowest BCUT2D eigenvalue weighted by molar-refractivity contribution is -0.143. The molecule has 0 aliphatic carbocycles.